The minimum Gasteiger partial charge on any atom is -0.465 e. The number of ether oxygens (including phenoxy) is 1. The Hall–Kier alpha value is -1.42. The summed E-state index contributed by atoms with van der Waals surface area (Å²) in [6.07, 6.45) is 1.54. The third-order valence-electron chi connectivity index (χ3n) is 2.90. The number of hydrogen-bond donors (Lipinski definition) is 0. The van der Waals surface area contributed by atoms with E-state index in [-0.39, 0.29) is 5.97 Å². The van der Waals surface area contributed by atoms with Crippen LogP contribution in [0.15, 0.2) is 28.9 Å². The van der Waals surface area contributed by atoms with E-state index in [9.17, 15) is 4.79 Å². The Kier molecular flexibility index (Phi) is 3.66. The lowest BCUT2D eigenvalue weighted by Gasteiger charge is -2.09. The van der Waals surface area contributed by atoms with Gasteiger partial charge in [0, 0.05) is 16.1 Å². The Morgan fingerprint density at radius 3 is 2.72 bits per heavy atom. The van der Waals surface area contributed by atoms with Crippen molar-refractivity contribution in [2.75, 3.05) is 7.11 Å². The summed E-state index contributed by atoms with van der Waals surface area (Å²) in [6.45, 7) is 4.26. The zero-order valence-corrected chi connectivity index (χ0v) is 12.1. The van der Waals surface area contributed by atoms with Crippen molar-refractivity contribution in [1.29, 1.82) is 0 Å². The van der Waals surface area contributed by atoms with Gasteiger partial charge in [0.05, 0.1) is 18.2 Å². The number of fused-ring (bicyclic) bond motifs is 1. The maximum atomic E-state index is 11.6. The number of methoxy groups -OCH3 is 1. The lowest BCUT2D eigenvalue weighted by atomic mass is 10.0. The smallest absolute Gasteiger partial charge is 0.340 e. The van der Waals surface area contributed by atoms with Gasteiger partial charge < -0.3 is 4.74 Å². The van der Waals surface area contributed by atoms with Gasteiger partial charge in [-0.1, -0.05) is 19.9 Å². The molecule has 0 N–H and O–H groups in total. The fourth-order valence-electron chi connectivity index (χ4n) is 1.79. The molecular formula is C14H14BrNO2. The summed E-state index contributed by atoms with van der Waals surface area (Å²) >= 11 is 3.47. The third-order valence-corrected chi connectivity index (χ3v) is 3.75. The molecule has 0 spiro atoms. The van der Waals surface area contributed by atoms with E-state index < -0.39 is 0 Å². The first kappa shape index (κ1) is 13.0. The van der Waals surface area contributed by atoms with Gasteiger partial charge in [0.15, 0.2) is 0 Å². The first-order chi connectivity index (χ1) is 8.54. The highest BCUT2D eigenvalue weighted by molar-refractivity contribution is 9.10. The molecule has 3 nitrogen and oxygen atoms in total. The molecule has 0 fully saturated rings. The van der Waals surface area contributed by atoms with Crippen molar-refractivity contribution in [3.8, 4) is 0 Å². The minimum absolute atomic E-state index is 0.383. The van der Waals surface area contributed by atoms with Crippen molar-refractivity contribution in [3.05, 3.63) is 40.0 Å². The van der Waals surface area contributed by atoms with Crippen LogP contribution in [0, 0.1) is 0 Å². The van der Waals surface area contributed by atoms with Crippen molar-refractivity contribution in [2.24, 2.45) is 0 Å². The highest BCUT2D eigenvalue weighted by atomic mass is 79.9. The second-order valence-electron chi connectivity index (χ2n) is 4.41. The summed E-state index contributed by atoms with van der Waals surface area (Å²) in [6, 6.07) is 6.09. The molecule has 0 saturated carbocycles. The first-order valence-electron chi connectivity index (χ1n) is 5.71. The minimum atomic E-state index is -0.383. The fraction of sp³-hybridized carbons (Fsp3) is 0.286. The summed E-state index contributed by atoms with van der Waals surface area (Å²) in [7, 11) is 1.36. The first-order valence-corrected chi connectivity index (χ1v) is 6.50. The Morgan fingerprint density at radius 2 is 2.11 bits per heavy atom. The van der Waals surface area contributed by atoms with Crippen LogP contribution in [-0.2, 0) is 4.74 Å². The molecule has 0 amide bonds. The molecule has 1 aromatic carbocycles. The average molecular weight is 308 g/mol. The van der Waals surface area contributed by atoms with Gasteiger partial charge in [0.2, 0.25) is 0 Å². The molecule has 0 atom stereocenters. The summed E-state index contributed by atoms with van der Waals surface area (Å²) in [5.74, 6) is 0.0503. The second kappa shape index (κ2) is 5.06. The normalized spacial score (nSPS) is 10.9. The summed E-state index contributed by atoms with van der Waals surface area (Å²) in [4.78, 5) is 15.9. The van der Waals surface area contributed by atoms with Crippen molar-refractivity contribution < 1.29 is 9.53 Å². The summed E-state index contributed by atoms with van der Waals surface area (Å²) in [5, 5.41) is 0.934. The van der Waals surface area contributed by atoms with Crippen LogP contribution < -0.4 is 0 Å². The van der Waals surface area contributed by atoms with E-state index >= 15 is 0 Å². The summed E-state index contributed by atoms with van der Waals surface area (Å²) in [5.41, 5.74) is 2.52. The molecule has 2 aromatic rings. The van der Waals surface area contributed by atoms with Crippen LogP contribution in [0.25, 0.3) is 10.9 Å². The van der Waals surface area contributed by atoms with E-state index in [1.807, 2.05) is 6.07 Å². The standard InChI is InChI=1S/C14H14BrNO2/c1-8(2)9-4-5-12-10(6-9)13(15)11(7-16-12)14(17)18-3/h4-8H,1-3H3. The van der Waals surface area contributed by atoms with Gasteiger partial charge in [-0.3, -0.25) is 4.98 Å². The number of carbonyl (C=O) groups is 1. The van der Waals surface area contributed by atoms with Crippen LogP contribution in [0.1, 0.15) is 35.7 Å². The summed E-state index contributed by atoms with van der Waals surface area (Å²) < 4.78 is 5.47. The van der Waals surface area contributed by atoms with E-state index in [1.165, 1.54) is 18.9 Å². The van der Waals surface area contributed by atoms with Gasteiger partial charge >= 0.3 is 5.97 Å². The number of benzene rings is 1. The Labute approximate surface area is 114 Å². The van der Waals surface area contributed by atoms with Crippen LogP contribution in [-0.4, -0.2) is 18.1 Å². The lowest BCUT2D eigenvalue weighted by molar-refractivity contribution is 0.0599. The predicted octanol–water partition coefficient (Wildman–Crippen LogP) is 3.91. The Balaban J connectivity index is 2.67. The van der Waals surface area contributed by atoms with Crippen LogP contribution in [0.2, 0.25) is 0 Å². The molecule has 0 aliphatic carbocycles. The Bertz CT molecular complexity index is 608. The van der Waals surface area contributed by atoms with Crippen LogP contribution in [0.5, 0.6) is 0 Å². The molecule has 1 aromatic heterocycles. The highest BCUT2D eigenvalue weighted by Gasteiger charge is 2.14. The van der Waals surface area contributed by atoms with Gasteiger partial charge in [0.1, 0.15) is 0 Å². The van der Waals surface area contributed by atoms with E-state index in [2.05, 4.69) is 46.9 Å². The van der Waals surface area contributed by atoms with E-state index in [4.69, 9.17) is 4.74 Å². The lowest BCUT2D eigenvalue weighted by Crippen LogP contribution is -2.03. The number of hydrogen-bond acceptors (Lipinski definition) is 3. The molecule has 0 saturated heterocycles. The molecule has 0 aliphatic rings. The van der Waals surface area contributed by atoms with Crippen LogP contribution >= 0.6 is 15.9 Å². The monoisotopic (exact) mass is 307 g/mol. The van der Waals surface area contributed by atoms with Gasteiger partial charge in [-0.05, 0) is 39.5 Å². The maximum absolute atomic E-state index is 11.6. The number of carbonyl (C=O) groups excluding carboxylic acids is 1. The number of esters is 1. The van der Waals surface area contributed by atoms with E-state index in [1.54, 1.807) is 0 Å². The van der Waals surface area contributed by atoms with Crippen molar-refractivity contribution in [1.82, 2.24) is 4.98 Å². The van der Waals surface area contributed by atoms with Crippen LogP contribution in [0.3, 0.4) is 0 Å². The molecule has 0 bridgehead atoms. The average Bonchev–Trinajstić information content (AvgIpc) is 2.38. The van der Waals surface area contributed by atoms with Gasteiger partial charge in [-0.2, -0.15) is 0 Å². The van der Waals surface area contributed by atoms with Gasteiger partial charge in [-0.15, -0.1) is 0 Å². The molecule has 0 unspecified atom stereocenters. The topological polar surface area (TPSA) is 39.2 Å². The number of rotatable bonds is 2. The molecular weight excluding hydrogens is 294 g/mol. The Morgan fingerprint density at radius 1 is 1.39 bits per heavy atom. The number of pyridine rings is 1. The second-order valence-corrected chi connectivity index (χ2v) is 5.20. The SMILES string of the molecule is COC(=O)c1cnc2ccc(C(C)C)cc2c1Br. The molecule has 0 radical (unpaired) electrons. The highest BCUT2D eigenvalue weighted by Crippen LogP contribution is 2.29. The predicted molar refractivity (Wildman–Crippen MR) is 74.9 cm³/mol. The van der Waals surface area contributed by atoms with Gasteiger partial charge in [0.25, 0.3) is 0 Å². The number of halogens is 1. The van der Waals surface area contributed by atoms with E-state index in [0.29, 0.717) is 11.5 Å². The molecule has 94 valence electrons. The molecule has 0 aliphatic heterocycles. The molecule has 4 heteroatoms. The van der Waals surface area contributed by atoms with Gasteiger partial charge in [-0.25, -0.2) is 4.79 Å². The molecule has 2 rings (SSSR count). The zero-order valence-electron chi connectivity index (χ0n) is 10.5. The van der Waals surface area contributed by atoms with E-state index in [0.717, 1.165) is 15.4 Å². The molecule has 1 heterocycles. The zero-order chi connectivity index (χ0) is 13.3. The fourth-order valence-corrected chi connectivity index (χ4v) is 2.37. The maximum Gasteiger partial charge on any atom is 0.340 e. The van der Waals surface area contributed by atoms with Crippen molar-refractivity contribution >= 4 is 32.8 Å². The number of aromatic nitrogens is 1. The quantitative estimate of drug-likeness (QED) is 0.790. The number of nitrogens with zero attached hydrogens (tertiary/aromatic N) is 1. The largest absolute Gasteiger partial charge is 0.465 e. The molecule has 18 heavy (non-hydrogen) atoms. The van der Waals surface area contributed by atoms with Crippen molar-refractivity contribution in [3.63, 3.8) is 0 Å². The van der Waals surface area contributed by atoms with Crippen molar-refractivity contribution in [2.45, 2.75) is 19.8 Å². The van der Waals surface area contributed by atoms with Crippen LogP contribution in [0.4, 0.5) is 0 Å². The third kappa shape index (κ3) is 2.25.